The fourth-order valence-electron chi connectivity index (χ4n) is 2.14. The van der Waals surface area contributed by atoms with E-state index in [-0.39, 0.29) is 48.7 Å². The zero-order valence-corrected chi connectivity index (χ0v) is 15.4. The predicted molar refractivity (Wildman–Crippen MR) is 93.4 cm³/mol. The molecule has 2 atom stereocenters. The molecule has 0 aliphatic carbocycles. The van der Waals surface area contributed by atoms with Crippen LogP contribution in [0.4, 0.5) is 8.78 Å². The van der Waals surface area contributed by atoms with Crippen molar-refractivity contribution in [2.75, 3.05) is 34.2 Å². The van der Waals surface area contributed by atoms with Crippen LogP contribution in [0, 0.1) is 17.6 Å². The maximum Gasteiger partial charge on any atom is 0.224 e. The van der Waals surface area contributed by atoms with Crippen LogP contribution in [0.1, 0.15) is 18.5 Å². The van der Waals surface area contributed by atoms with Gasteiger partial charge in [0, 0.05) is 24.6 Å². The Morgan fingerprint density at radius 1 is 1.17 bits per heavy atom. The summed E-state index contributed by atoms with van der Waals surface area (Å²) >= 11 is 0. The predicted octanol–water partition coefficient (Wildman–Crippen LogP) is 2.38. The third-order valence-electron chi connectivity index (χ3n) is 3.38. The maximum atomic E-state index is 13.9. The number of amides is 1. The number of benzene rings is 1. The Balaban J connectivity index is 0. The Labute approximate surface area is 148 Å². The quantitative estimate of drug-likeness (QED) is 0.773. The summed E-state index contributed by atoms with van der Waals surface area (Å²) in [5.41, 5.74) is -0.0240. The van der Waals surface area contributed by atoms with E-state index in [0.717, 1.165) is 0 Å². The van der Waals surface area contributed by atoms with E-state index in [2.05, 4.69) is 10.6 Å². The summed E-state index contributed by atoms with van der Waals surface area (Å²) in [6.07, 6.45) is 0. The second-order valence-electron chi connectivity index (χ2n) is 5.32. The standard InChI is InChI=1S/C15H23F2N3O.2ClH/c1-10(8-18-2)15(21)19-9-13(20(3)4)14-11(16)6-5-7-12(14)17;;/h5-7,10,13,18H,8-9H2,1-4H3,(H,19,21);2*1H. The Morgan fingerprint density at radius 3 is 2.13 bits per heavy atom. The van der Waals surface area contributed by atoms with Crippen molar-refractivity contribution in [1.29, 1.82) is 0 Å². The van der Waals surface area contributed by atoms with Gasteiger partial charge in [0.05, 0.1) is 6.04 Å². The van der Waals surface area contributed by atoms with Crippen molar-refractivity contribution in [3.8, 4) is 0 Å². The summed E-state index contributed by atoms with van der Waals surface area (Å²) < 4.78 is 27.8. The van der Waals surface area contributed by atoms with Gasteiger partial charge in [0.2, 0.25) is 5.91 Å². The minimum Gasteiger partial charge on any atom is -0.354 e. The highest BCUT2D eigenvalue weighted by atomic mass is 35.5. The topological polar surface area (TPSA) is 44.4 Å². The number of halogens is 4. The molecule has 4 nitrogen and oxygen atoms in total. The molecule has 0 spiro atoms. The van der Waals surface area contributed by atoms with Gasteiger partial charge in [-0.1, -0.05) is 13.0 Å². The molecule has 1 rings (SSSR count). The molecular weight excluding hydrogens is 347 g/mol. The van der Waals surface area contributed by atoms with Gasteiger partial charge in [0.15, 0.2) is 0 Å². The highest BCUT2D eigenvalue weighted by Gasteiger charge is 2.23. The van der Waals surface area contributed by atoms with Gasteiger partial charge in [-0.05, 0) is 33.3 Å². The molecule has 0 aliphatic heterocycles. The monoisotopic (exact) mass is 371 g/mol. The number of hydrogen-bond donors (Lipinski definition) is 2. The summed E-state index contributed by atoms with van der Waals surface area (Å²) in [5, 5.41) is 5.67. The lowest BCUT2D eigenvalue weighted by molar-refractivity contribution is -0.124. The number of nitrogens with zero attached hydrogens (tertiary/aromatic N) is 1. The normalized spacial score (nSPS) is 12.8. The van der Waals surface area contributed by atoms with E-state index in [1.54, 1.807) is 33.0 Å². The smallest absolute Gasteiger partial charge is 0.224 e. The average Bonchev–Trinajstić information content (AvgIpc) is 2.41. The number of nitrogens with one attached hydrogen (secondary N) is 2. The largest absolute Gasteiger partial charge is 0.354 e. The molecule has 0 heterocycles. The lowest BCUT2D eigenvalue weighted by Crippen LogP contribution is -2.39. The van der Waals surface area contributed by atoms with E-state index >= 15 is 0 Å². The maximum absolute atomic E-state index is 13.9. The summed E-state index contributed by atoms with van der Waals surface area (Å²) in [6.45, 7) is 2.49. The van der Waals surface area contributed by atoms with Gasteiger partial charge < -0.3 is 15.5 Å². The zero-order valence-electron chi connectivity index (χ0n) is 13.7. The molecule has 0 saturated heterocycles. The molecule has 0 radical (unpaired) electrons. The van der Waals surface area contributed by atoms with Crippen LogP contribution in [0.2, 0.25) is 0 Å². The van der Waals surface area contributed by atoms with E-state index < -0.39 is 17.7 Å². The summed E-state index contributed by atoms with van der Waals surface area (Å²) in [5.74, 6) is -1.56. The van der Waals surface area contributed by atoms with Gasteiger partial charge in [-0.2, -0.15) is 0 Å². The Morgan fingerprint density at radius 2 is 1.70 bits per heavy atom. The fraction of sp³-hybridized carbons (Fsp3) is 0.533. The number of likely N-dealkylation sites (N-methyl/N-ethyl adjacent to an activating group) is 1. The van der Waals surface area contributed by atoms with Gasteiger partial charge in [-0.3, -0.25) is 4.79 Å². The third kappa shape index (κ3) is 6.99. The second kappa shape index (κ2) is 11.6. The van der Waals surface area contributed by atoms with Crippen molar-refractivity contribution < 1.29 is 13.6 Å². The van der Waals surface area contributed by atoms with E-state index in [4.69, 9.17) is 0 Å². The summed E-state index contributed by atoms with van der Waals surface area (Å²) in [7, 11) is 5.21. The van der Waals surface area contributed by atoms with Crippen molar-refractivity contribution in [2.24, 2.45) is 5.92 Å². The van der Waals surface area contributed by atoms with Gasteiger partial charge >= 0.3 is 0 Å². The molecule has 0 aliphatic rings. The van der Waals surface area contributed by atoms with Gasteiger partial charge in [0.1, 0.15) is 11.6 Å². The van der Waals surface area contributed by atoms with Crippen molar-refractivity contribution in [3.05, 3.63) is 35.4 Å². The van der Waals surface area contributed by atoms with Gasteiger partial charge in [0.25, 0.3) is 0 Å². The molecular formula is C15H25Cl2F2N3O. The zero-order chi connectivity index (χ0) is 16.0. The van der Waals surface area contributed by atoms with Crippen molar-refractivity contribution in [3.63, 3.8) is 0 Å². The number of hydrogen-bond acceptors (Lipinski definition) is 3. The highest BCUT2D eigenvalue weighted by Crippen LogP contribution is 2.23. The number of carbonyl (C=O) groups is 1. The van der Waals surface area contributed by atoms with Crippen LogP contribution in [-0.2, 0) is 4.79 Å². The van der Waals surface area contributed by atoms with Crippen LogP contribution in [0.3, 0.4) is 0 Å². The van der Waals surface area contributed by atoms with Crippen molar-refractivity contribution >= 4 is 30.7 Å². The summed E-state index contributed by atoms with van der Waals surface area (Å²) in [4.78, 5) is 13.6. The van der Waals surface area contributed by atoms with Crippen LogP contribution in [-0.4, -0.2) is 45.0 Å². The molecule has 1 amide bonds. The first-order valence-corrected chi connectivity index (χ1v) is 6.91. The molecule has 1 aromatic rings. The Bertz CT molecular complexity index is 470. The fourth-order valence-corrected chi connectivity index (χ4v) is 2.14. The van der Waals surface area contributed by atoms with Gasteiger partial charge in [-0.25, -0.2) is 8.78 Å². The van der Waals surface area contributed by atoms with E-state index in [1.807, 2.05) is 0 Å². The first kappa shape index (κ1) is 24.3. The van der Waals surface area contributed by atoms with Crippen molar-refractivity contribution in [1.82, 2.24) is 15.5 Å². The molecule has 0 saturated carbocycles. The molecule has 134 valence electrons. The minimum atomic E-state index is -0.605. The van der Waals surface area contributed by atoms with E-state index in [0.29, 0.717) is 6.54 Å². The molecule has 8 heteroatoms. The molecule has 0 fully saturated rings. The molecule has 2 unspecified atom stereocenters. The average molecular weight is 372 g/mol. The molecule has 0 aromatic heterocycles. The molecule has 0 bridgehead atoms. The van der Waals surface area contributed by atoms with E-state index in [9.17, 15) is 13.6 Å². The van der Waals surface area contributed by atoms with Crippen molar-refractivity contribution in [2.45, 2.75) is 13.0 Å². The van der Waals surface area contributed by atoms with E-state index in [1.165, 1.54) is 18.2 Å². The van der Waals surface area contributed by atoms with Crippen LogP contribution in [0.15, 0.2) is 18.2 Å². The van der Waals surface area contributed by atoms with Gasteiger partial charge in [-0.15, -0.1) is 24.8 Å². The minimum absolute atomic E-state index is 0. The summed E-state index contributed by atoms with van der Waals surface area (Å²) in [6, 6.07) is 3.21. The first-order chi connectivity index (χ1) is 9.88. The molecule has 2 N–H and O–H groups in total. The second-order valence-corrected chi connectivity index (χ2v) is 5.32. The van der Waals surface area contributed by atoms with Crippen LogP contribution < -0.4 is 10.6 Å². The van der Waals surface area contributed by atoms with Crippen LogP contribution in [0.25, 0.3) is 0 Å². The SMILES string of the molecule is CNCC(C)C(=O)NCC(c1c(F)cccc1F)N(C)C.Cl.Cl. The van der Waals surface area contributed by atoms with Crippen LogP contribution >= 0.6 is 24.8 Å². The third-order valence-corrected chi connectivity index (χ3v) is 3.38. The lowest BCUT2D eigenvalue weighted by atomic mass is 10.0. The lowest BCUT2D eigenvalue weighted by Gasteiger charge is -2.26. The molecule has 1 aromatic carbocycles. The number of rotatable bonds is 7. The molecule has 23 heavy (non-hydrogen) atoms. The Kier molecular flexibility index (Phi) is 12.2. The Hall–Kier alpha value is -0.950. The number of carbonyl (C=O) groups excluding carboxylic acids is 1. The van der Waals surface area contributed by atoms with Crippen LogP contribution in [0.5, 0.6) is 0 Å². The highest BCUT2D eigenvalue weighted by molar-refractivity contribution is 5.85. The first-order valence-electron chi connectivity index (χ1n) is 6.91.